The number of morpholine rings is 1. The van der Waals surface area contributed by atoms with Gasteiger partial charge >= 0.3 is 0 Å². The molecule has 1 aliphatic heterocycles. The minimum absolute atomic E-state index is 0.0269. The monoisotopic (exact) mass is 399 g/mol. The predicted molar refractivity (Wildman–Crippen MR) is 110 cm³/mol. The summed E-state index contributed by atoms with van der Waals surface area (Å²) in [4.78, 5) is 24.2. The van der Waals surface area contributed by atoms with Gasteiger partial charge in [-0.3, -0.25) is 9.69 Å². The summed E-state index contributed by atoms with van der Waals surface area (Å²) >= 11 is 1.52. The number of amides is 1. The number of carbonyl (C=O) groups excluding carboxylic acids is 1. The minimum Gasteiger partial charge on any atom is -0.379 e. The highest BCUT2D eigenvalue weighted by atomic mass is 32.1. The van der Waals surface area contributed by atoms with Crippen LogP contribution in [0.1, 0.15) is 13.8 Å². The highest BCUT2D eigenvalue weighted by molar-refractivity contribution is 7.07. The Labute approximate surface area is 168 Å². The van der Waals surface area contributed by atoms with Crippen molar-refractivity contribution in [3.8, 4) is 11.5 Å². The number of benzene rings is 1. The first kappa shape index (κ1) is 19.0. The van der Waals surface area contributed by atoms with Gasteiger partial charge in [0.1, 0.15) is 12.2 Å². The zero-order valence-electron chi connectivity index (χ0n) is 16.2. The summed E-state index contributed by atoms with van der Waals surface area (Å²) in [5.74, 6) is 0.700. The lowest BCUT2D eigenvalue weighted by Crippen LogP contribution is -2.55. The average Bonchev–Trinajstić information content (AvgIpc) is 3.36. The van der Waals surface area contributed by atoms with Crippen molar-refractivity contribution in [2.75, 3.05) is 32.8 Å². The number of rotatable bonds is 6. The van der Waals surface area contributed by atoms with E-state index in [-0.39, 0.29) is 18.0 Å². The Hall–Kier alpha value is -2.29. The third kappa shape index (κ3) is 3.94. The summed E-state index contributed by atoms with van der Waals surface area (Å²) in [5, 5.41) is 5.06. The Balaban J connectivity index is 1.50. The third-order valence-corrected chi connectivity index (χ3v) is 5.79. The van der Waals surface area contributed by atoms with E-state index < -0.39 is 0 Å². The van der Waals surface area contributed by atoms with Crippen LogP contribution in [0.2, 0.25) is 0 Å². The second kappa shape index (κ2) is 7.98. The molecule has 1 amide bonds. The minimum atomic E-state index is -0.117. The molecule has 0 atom stereocenters. The van der Waals surface area contributed by atoms with Gasteiger partial charge in [0.15, 0.2) is 5.82 Å². The number of nitrogens with one attached hydrogen (secondary N) is 1. The van der Waals surface area contributed by atoms with Gasteiger partial charge in [-0.1, -0.05) is 12.1 Å². The number of carbonyl (C=O) groups is 1. The van der Waals surface area contributed by atoms with Gasteiger partial charge in [-0.05, 0) is 26.0 Å². The van der Waals surface area contributed by atoms with Crippen LogP contribution in [0.5, 0.6) is 0 Å². The Morgan fingerprint density at radius 1 is 1.29 bits per heavy atom. The molecule has 0 bridgehead atoms. The lowest BCUT2D eigenvalue weighted by atomic mass is 10.0. The van der Waals surface area contributed by atoms with E-state index in [4.69, 9.17) is 9.72 Å². The van der Waals surface area contributed by atoms with E-state index in [0.717, 1.165) is 48.9 Å². The summed E-state index contributed by atoms with van der Waals surface area (Å²) in [5.41, 5.74) is 4.26. The van der Waals surface area contributed by atoms with Crippen molar-refractivity contribution in [1.29, 1.82) is 0 Å². The maximum atomic E-state index is 12.8. The molecule has 1 N–H and O–H groups in total. The van der Waals surface area contributed by atoms with E-state index >= 15 is 0 Å². The first-order valence-corrected chi connectivity index (χ1v) is 10.4. The van der Waals surface area contributed by atoms with E-state index in [1.54, 1.807) is 5.51 Å². The number of imidazole rings is 1. The van der Waals surface area contributed by atoms with E-state index in [1.807, 2.05) is 34.2 Å². The molecule has 3 heterocycles. The number of hydrogen-bond acceptors (Lipinski definition) is 6. The van der Waals surface area contributed by atoms with Crippen molar-refractivity contribution in [3.05, 3.63) is 35.2 Å². The Morgan fingerprint density at radius 3 is 2.82 bits per heavy atom. The molecule has 1 saturated heterocycles. The van der Waals surface area contributed by atoms with Crippen LogP contribution in [0.3, 0.4) is 0 Å². The molecule has 0 unspecified atom stereocenters. The molecule has 2 aromatic heterocycles. The van der Waals surface area contributed by atoms with Crippen LogP contribution in [0.4, 0.5) is 0 Å². The molecule has 1 aliphatic rings. The van der Waals surface area contributed by atoms with Crippen molar-refractivity contribution >= 4 is 28.3 Å². The van der Waals surface area contributed by atoms with E-state index in [9.17, 15) is 4.79 Å². The van der Waals surface area contributed by atoms with Crippen LogP contribution in [-0.2, 0) is 16.1 Å². The van der Waals surface area contributed by atoms with E-state index in [2.05, 4.69) is 29.0 Å². The van der Waals surface area contributed by atoms with Gasteiger partial charge in [0.2, 0.25) is 5.91 Å². The number of fused-ring (bicyclic) bond motifs is 1. The fourth-order valence-corrected chi connectivity index (χ4v) is 4.08. The molecular formula is C20H25N5O2S. The lowest BCUT2D eigenvalue weighted by Gasteiger charge is -2.40. The molecule has 7 nitrogen and oxygen atoms in total. The molecule has 1 aromatic carbocycles. The highest BCUT2D eigenvalue weighted by Gasteiger charge is 2.28. The van der Waals surface area contributed by atoms with Gasteiger partial charge in [0, 0.05) is 30.6 Å². The van der Waals surface area contributed by atoms with Gasteiger partial charge in [-0.2, -0.15) is 0 Å². The van der Waals surface area contributed by atoms with Crippen LogP contribution in [-0.4, -0.2) is 63.7 Å². The Bertz CT molecular complexity index is 945. The first-order valence-electron chi connectivity index (χ1n) is 9.48. The van der Waals surface area contributed by atoms with Crippen LogP contribution >= 0.6 is 11.3 Å². The predicted octanol–water partition coefficient (Wildman–Crippen LogP) is 2.39. The molecule has 0 aliphatic carbocycles. The molecule has 1 fully saturated rings. The molecule has 148 valence electrons. The van der Waals surface area contributed by atoms with Crippen molar-refractivity contribution in [2.24, 2.45) is 0 Å². The quantitative estimate of drug-likeness (QED) is 0.689. The third-order valence-electron chi connectivity index (χ3n) is 5.20. The van der Waals surface area contributed by atoms with Crippen LogP contribution < -0.4 is 5.32 Å². The lowest BCUT2D eigenvalue weighted by molar-refractivity contribution is -0.122. The second-order valence-electron chi connectivity index (χ2n) is 7.57. The van der Waals surface area contributed by atoms with Crippen LogP contribution in [0, 0.1) is 0 Å². The fourth-order valence-electron chi connectivity index (χ4n) is 3.55. The summed E-state index contributed by atoms with van der Waals surface area (Å²) in [6.07, 6.45) is 0. The van der Waals surface area contributed by atoms with Gasteiger partial charge in [-0.25, -0.2) is 9.97 Å². The Kier molecular flexibility index (Phi) is 5.43. The molecule has 0 radical (unpaired) electrons. The largest absolute Gasteiger partial charge is 0.379 e. The maximum Gasteiger partial charge on any atom is 0.240 e. The molecule has 8 heteroatoms. The van der Waals surface area contributed by atoms with Crippen molar-refractivity contribution in [1.82, 2.24) is 24.8 Å². The number of aromatic nitrogens is 3. The zero-order chi connectivity index (χ0) is 19.6. The molecule has 0 saturated carbocycles. The van der Waals surface area contributed by atoms with Crippen LogP contribution in [0.15, 0.2) is 35.2 Å². The molecular weight excluding hydrogens is 374 g/mol. The zero-order valence-corrected chi connectivity index (χ0v) is 17.0. The van der Waals surface area contributed by atoms with E-state index in [1.165, 1.54) is 11.3 Å². The normalized spacial score (nSPS) is 15.8. The number of para-hydroxylation sites is 2. The molecule has 4 rings (SSSR count). The van der Waals surface area contributed by atoms with Crippen molar-refractivity contribution in [3.63, 3.8) is 0 Å². The number of thiazole rings is 1. The molecule has 0 spiro atoms. The summed E-state index contributed by atoms with van der Waals surface area (Å²) < 4.78 is 7.38. The van der Waals surface area contributed by atoms with Crippen LogP contribution in [0.25, 0.3) is 22.6 Å². The maximum absolute atomic E-state index is 12.8. The summed E-state index contributed by atoms with van der Waals surface area (Å²) in [6, 6.07) is 7.87. The summed E-state index contributed by atoms with van der Waals surface area (Å²) in [6.45, 7) is 8.39. The standard InChI is InChI=1S/C20H25N5O2S/c1-20(2,24-7-9-27-10-8-24)13-21-18(26)11-25-17-6-4-3-5-15(17)23-19(25)16-12-28-14-22-16/h3-6,12,14H,7-11,13H2,1-2H3,(H,21,26). The first-order chi connectivity index (χ1) is 13.5. The van der Waals surface area contributed by atoms with E-state index in [0.29, 0.717) is 6.54 Å². The summed E-state index contributed by atoms with van der Waals surface area (Å²) in [7, 11) is 0. The van der Waals surface area contributed by atoms with Crippen molar-refractivity contribution < 1.29 is 9.53 Å². The Morgan fingerprint density at radius 2 is 2.07 bits per heavy atom. The highest BCUT2D eigenvalue weighted by Crippen LogP contribution is 2.24. The fraction of sp³-hybridized carbons (Fsp3) is 0.450. The number of hydrogen-bond donors (Lipinski definition) is 1. The van der Waals surface area contributed by atoms with Gasteiger partial charge in [0.05, 0.1) is 29.8 Å². The smallest absolute Gasteiger partial charge is 0.240 e. The average molecular weight is 400 g/mol. The van der Waals surface area contributed by atoms with Gasteiger partial charge in [0.25, 0.3) is 0 Å². The van der Waals surface area contributed by atoms with Gasteiger partial charge < -0.3 is 14.6 Å². The van der Waals surface area contributed by atoms with Gasteiger partial charge in [-0.15, -0.1) is 11.3 Å². The molecule has 28 heavy (non-hydrogen) atoms. The number of ether oxygens (including phenoxy) is 1. The molecule has 3 aromatic rings. The van der Waals surface area contributed by atoms with Crippen molar-refractivity contribution in [2.45, 2.75) is 25.9 Å². The SMILES string of the molecule is CC(C)(CNC(=O)Cn1c(-c2cscn2)nc2ccccc21)N1CCOCC1. The topological polar surface area (TPSA) is 72.3 Å². The second-order valence-corrected chi connectivity index (χ2v) is 8.29. The number of nitrogens with zero attached hydrogens (tertiary/aromatic N) is 4.